The highest BCUT2D eigenvalue weighted by Crippen LogP contribution is 2.17. The van der Waals surface area contributed by atoms with Crippen LogP contribution in [-0.2, 0) is 16.6 Å². The van der Waals surface area contributed by atoms with Gasteiger partial charge in [-0.25, -0.2) is 8.42 Å². The Morgan fingerprint density at radius 2 is 1.93 bits per heavy atom. The van der Waals surface area contributed by atoms with E-state index >= 15 is 0 Å². The van der Waals surface area contributed by atoms with Crippen molar-refractivity contribution in [1.82, 2.24) is 9.62 Å². The molecule has 0 unspecified atom stereocenters. The summed E-state index contributed by atoms with van der Waals surface area (Å²) in [6.07, 6.45) is 5.10. The van der Waals surface area contributed by atoms with Crippen LogP contribution in [-0.4, -0.2) is 39.4 Å². The Morgan fingerprint density at radius 3 is 2.52 bits per heavy atom. The molecule has 0 radical (unpaired) electrons. The molecule has 0 fully saturated rings. The number of nitrogens with one attached hydrogen (secondary N) is 1. The molecule has 2 aromatic carbocycles. The van der Waals surface area contributed by atoms with Gasteiger partial charge in [-0.1, -0.05) is 24.1 Å². The molecule has 7 heteroatoms. The minimum absolute atomic E-state index is 0.00380. The van der Waals surface area contributed by atoms with Gasteiger partial charge < -0.3 is 9.64 Å². The fourth-order valence-corrected chi connectivity index (χ4v) is 3.46. The largest absolute Gasteiger partial charge is 0.497 e. The molecular weight excluding hydrogens is 364 g/mol. The summed E-state index contributed by atoms with van der Waals surface area (Å²) >= 11 is 0. The van der Waals surface area contributed by atoms with Crippen LogP contribution < -0.4 is 9.46 Å². The summed E-state index contributed by atoms with van der Waals surface area (Å²) in [6.45, 7) is 2.65. The van der Waals surface area contributed by atoms with Gasteiger partial charge in [0.05, 0.1) is 18.6 Å². The number of amides is 1. The van der Waals surface area contributed by atoms with Gasteiger partial charge in [0.15, 0.2) is 0 Å². The van der Waals surface area contributed by atoms with Crippen molar-refractivity contribution in [2.24, 2.45) is 0 Å². The van der Waals surface area contributed by atoms with Gasteiger partial charge in [-0.05, 0) is 42.8 Å². The Bertz CT molecular complexity index is 931. The van der Waals surface area contributed by atoms with Crippen LogP contribution in [0.3, 0.4) is 0 Å². The number of ether oxygens (including phenoxy) is 1. The molecule has 27 heavy (non-hydrogen) atoms. The van der Waals surface area contributed by atoms with Crippen LogP contribution in [0.25, 0.3) is 0 Å². The smallest absolute Gasteiger partial charge is 0.254 e. The maximum absolute atomic E-state index is 12.9. The average Bonchev–Trinajstić information content (AvgIpc) is 2.70. The molecule has 1 N–H and O–H groups in total. The molecule has 2 aromatic rings. The third-order valence-electron chi connectivity index (χ3n) is 3.96. The number of carbonyl (C=O) groups is 1. The summed E-state index contributed by atoms with van der Waals surface area (Å²) in [5.41, 5.74) is 1.25. The first-order chi connectivity index (χ1) is 12.9. The topological polar surface area (TPSA) is 75.7 Å². The Balaban J connectivity index is 2.21. The van der Waals surface area contributed by atoms with Crippen molar-refractivity contribution in [2.45, 2.75) is 18.4 Å². The number of methoxy groups -OCH3 is 1. The molecule has 0 aliphatic carbocycles. The molecule has 0 saturated heterocycles. The molecule has 0 aromatic heterocycles. The van der Waals surface area contributed by atoms with E-state index in [-0.39, 0.29) is 17.3 Å². The molecule has 6 nitrogen and oxygen atoms in total. The summed E-state index contributed by atoms with van der Waals surface area (Å²) in [5, 5.41) is 0. The second-order valence-corrected chi connectivity index (χ2v) is 7.49. The number of hydrogen-bond acceptors (Lipinski definition) is 4. The Morgan fingerprint density at radius 1 is 1.22 bits per heavy atom. The van der Waals surface area contributed by atoms with Gasteiger partial charge in [0.2, 0.25) is 10.0 Å². The molecule has 0 aliphatic heterocycles. The molecule has 2 rings (SSSR count). The molecule has 0 spiro atoms. The predicted molar refractivity (Wildman–Crippen MR) is 104 cm³/mol. The molecule has 0 heterocycles. The summed E-state index contributed by atoms with van der Waals surface area (Å²) in [7, 11) is -2.16. The number of nitrogens with zero attached hydrogens (tertiary/aromatic N) is 1. The molecule has 1 amide bonds. The summed E-state index contributed by atoms with van der Waals surface area (Å²) < 4.78 is 31.8. The van der Waals surface area contributed by atoms with Gasteiger partial charge in [-0.15, -0.1) is 6.42 Å². The van der Waals surface area contributed by atoms with E-state index < -0.39 is 10.0 Å². The fraction of sp³-hybridized carbons (Fsp3) is 0.250. The molecule has 142 valence electrons. The van der Waals surface area contributed by atoms with Crippen LogP contribution in [0.5, 0.6) is 5.75 Å². The zero-order valence-electron chi connectivity index (χ0n) is 15.3. The third-order valence-corrected chi connectivity index (χ3v) is 5.36. The number of benzene rings is 2. The van der Waals surface area contributed by atoms with Crippen molar-refractivity contribution < 1.29 is 17.9 Å². The highest BCUT2D eigenvalue weighted by molar-refractivity contribution is 7.89. The molecule has 0 atom stereocenters. The predicted octanol–water partition coefficient (Wildman–Crippen LogP) is 2.27. The van der Waals surface area contributed by atoms with Crippen LogP contribution in [0.2, 0.25) is 0 Å². The maximum atomic E-state index is 12.9. The number of carbonyl (C=O) groups excluding carboxylic acids is 1. The second kappa shape index (κ2) is 9.21. The summed E-state index contributed by atoms with van der Waals surface area (Å²) in [4.78, 5) is 14.5. The monoisotopic (exact) mass is 386 g/mol. The standard InChI is InChI=1S/C20H22N2O4S/c1-4-13-21-27(24,25)19-8-6-7-17(14-19)20(23)22(5-2)15-16-9-11-18(26-3)12-10-16/h1,6-12,14,21H,5,13,15H2,2-3H3. The number of rotatable bonds is 8. The average molecular weight is 386 g/mol. The third kappa shape index (κ3) is 5.33. The van der Waals surface area contributed by atoms with Gasteiger partial charge in [0, 0.05) is 18.7 Å². The molecule has 0 saturated carbocycles. The van der Waals surface area contributed by atoms with Crippen LogP contribution in [0.1, 0.15) is 22.8 Å². The summed E-state index contributed by atoms with van der Waals surface area (Å²) in [6, 6.07) is 13.4. The lowest BCUT2D eigenvalue weighted by molar-refractivity contribution is 0.0752. The number of sulfonamides is 1. The van der Waals surface area contributed by atoms with Crippen molar-refractivity contribution >= 4 is 15.9 Å². The lowest BCUT2D eigenvalue weighted by atomic mass is 10.1. The Hall–Kier alpha value is -2.82. The van der Waals surface area contributed by atoms with E-state index in [1.807, 2.05) is 31.2 Å². The lowest BCUT2D eigenvalue weighted by Crippen LogP contribution is -2.30. The normalized spacial score (nSPS) is 10.9. The van der Waals surface area contributed by atoms with Gasteiger partial charge in [0.1, 0.15) is 5.75 Å². The van der Waals surface area contributed by atoms with E-state index in [1.54, 1.807) is 24.1 Å². The van der Waals surface area contributed by atoms with Gasteiger partial charge >= 0.3 is 0 Å². The first kappa shape index (κ1) is 20.5. The molecular formula is C20H22N2O4S. The lowest BCUT2D eigenvalue weighted by Gasteiger charge is -2.21. The molecule has 0 bridgehead atoms. The SMILES string of the molecule is C#CCNS(=O)(=O)c1cccc(C(=O)N(CC)Cc2ccc(OC)cc2)c1. The van der Waals surface area contributed by atoms with E-state index in [0.717, 1.165) is 11.3 Å². The number of terminal acetylenes is 1. The van der Waals surface area contributed by atoms with Crippen molar-refractivity contribution in [3.63, 3.8) is 0 Å². The van der Waals surface area contributed by atoms with Crippen LogP contribution in [0.4, 0.5) is 0 Å². The first-order valence-corrected chi connectivity index (χ1v) is 9.85. The van der Waals surface area contributed by atoms with Crippen molar-refractivity contribution in [3.05, 3.63) is 59.7 Å². The second-order valence-electron chi connectivity index (χ2n) is 5.72. The van der Waals surface area contributed by atoms with Crippen molar-refractivity contribution in [2.75, 3.05) is 20.2 Å². The van der Waals surface area contributed by atoms with Gasteiger partial charge in [-0.2, -0.15) is 4.72 Å². The van der Waals surface area contributed by atoms with Gasteiger partial charge in [-0.3, -0.25) is 4.79 Å². The summed E-state index contributed by atoms with van der Waals surface area (Å²) in [5.74, 6) is 2.71. The zero-order valence-corrected chi connectivity index (χ0v) is 16.1. The van der Waals surface area contributed by atoms with Gasteiger partial charge in [0.25, 0.3) is 5.91 Å². The van der Waals surface area contributed by atoms with Crippen molar-refractivity contribution in [1.29, 1.82) is 0 Å². The Labute approximate surface area is 160 Å². The molecule has 0 aliphatic rings. The first-order valence-electron chi connectivity index (χ1n) is 8.36. The highest BCUT2D eigenvalue weighted by atomic mass is 32.2. The van der Waals surface area contributed by atoms with Crippen LogP contribution in [0.15, 0.2) is 53.4 Å². The maximum Gasteiger partial charge on any atom is 0.254 e. The minimum Gasteiger partial charge on any atom is -0.497 e. The minimum atomic E-state index is -3.75. The van der Waals surface area contributed by atoms with E-state index in [4.69, 9.17) is 11.2 Å². The fourth-order valence-electron chi connectivity index (χ4n) is 2.48. The van der Waals surface area contributed by atoms with E-state index in [1.165, 1.54) is 12.1 Å². The quantitative estimate of drug-likeness (QED) is 0.706. The van der Waals surface area contributed by atoms with Crippen molar-refractivity contribution in [3.8, 4) is 18.1 Å². The van der Waals surface area contributed by atoms with Crippen LogP contribution >= 0.6 is 0 Å². The Kier molecular flexibility index (Phi) is 6.99. The van der Waals surface area contributed by atoms with E-state index in [2.05, 4.69) is 10.6 Å². The van der Waals surface area contributed by atoms with Crippen LogP contribution in [0, 0.1) is 12.3 Å². The van der Waals surface area contributed by atoms with E-state index in [9.17, 15) is 13.2 Å². The zero-order chi connectivity index (χ0) is 19.9. The number of hydrogen-bond donors (Lipinski definition) is 1. The highest BCUT2D eigenvalue weighted by Gasteiger charge is 2.19. The van der Waals surface area contributed by atoms with E-state index in [0.29, 0.717) is 18.7 Å².